The summed E-state index contributed by atoms with van der Waals surface area (Å²) in [5.74, 6) is -5.04. The molecule has 0 spiro atoms. The number of hydrogen-bond donors (Lipinski definition) is 4. The van der Waals surface area contributed by atoms with Crippen LogP contribution < -0.4 is 35.3 Å². The van der Waals surface area contributed by atoms with Crippen LogP contribution in [0.25, 0.3) is 10.8 Å². The van der Waals surface area contributed by atoms with Crippen LogP contribution in [0.2, 0.25) is 0 Å². The molecule has 4 amide bonds. The molecule has 0 radical (unpaired) electrons. The number of halogens is 2. The molecule has 1 saturated heterocycles. The number of alkyl halides is 2. The number of nitrogens with zero attached hydrogens (tertiary/aromatic N) is 3. The second kappa shape index (κ2) is 16.9. The zero-order valence-corrected chi connectivity index (χ0v) is 36.2. The summed E-state index contributed by atoms with van der Waals surface area (Å²) in [4.78, 5) is 64.1. The molecule has 2 saturated carbocycles. The maximum Gasteiger partial charge on any atom is 0.422 e. The average molecular weight is 862 g/mol. The van der Waals surface area contributed by atoms with Crippen LogP contribution in [-0.2, 0) is 29.1 Å². The summed E-state index contributed by atoms with van der Waals surface area (Å²) in [6.07, 6.45) is 4.43. The number of pyridine rings is 1. The van der Waals surface area contributed by atoms with Crippen molar-refractivity contribution in [3.63, 3.8) is 0 Å². The summed E-state index contributed by atoms with van der Waals surface area (Å²) in [6.45, 7) is 6.45. The van der Waals surface area contributed by atoms with Crippen LogP contribution in [0.1, 0.15) is 79.6 Å². The molecule has 16 nitrogen and oxygen atoms in total. The summed E-state index contributed by atoms with van der Waals surface area (Å²) in [6, 6.07) is 4.84. The number of amides is 4. The lowest BCUT2D eigenvalue weighted by Gasteiger charge is -2.34. The Hall–Kier alpha value is -4.78. The molecule has 60 heavy (non-hydrogen) atoms. The number of sulfonamides is 1. The monoisotopic (exact) mass is 861 g/mol. The normalized spacial score (nSPS) is 28.3. The second-order valence-corrected chi connectivity index (χ2v) is 19.5. The van der Waals surface area contributed by atoms with Gasteiger partial charge in [0.05, 0.1) is 18.9 Å². The first-order chi connectivity index (χ1) is 28.0. The first-order valence-corrected chi connectivity index (χ1v) is 21.9. The molecule has 19 heteroatoms. The van der Waals surface area contributed by atoms with E-state index in [0.717, 1.165) is 19.2 Å². The third-order valence-electron chi connectivity index (χ3n) is 12.1. The number of fused-ring (bicyclic) bond motifs is 3. The summed E-state index contributed by atoms with van der Waals surface area (Å²) in [5.41, 5.74) is 1.25. The molecule has 3 fully saturated rings. The Labute approximate surface area is 349 Å². The minimum Gasteiger partial charge on any atom is -0.497 e. The predicted molar refractivity (Wildman–Crippen MR) is 219 cm³/mol. The number of hydrogen-bond acceptors (Lipinski definition) is 12. The van der Waals surface area contributed by atoms with Gasteiger partial charge in [0.1, 0.15) is 35.3 Å². The van der Waals surface area contributed by atoms with E-state index in [1.165, 1.54) is 4.90 Å². The Balaban J connectivity index is 1.35. The van der Waals surface area contributed by atoms with Gasteiger partial charge in [-0.05, 0) is 93.9 Å². The number of carbonyl (C=O) groups is 4. The third-order valence-corrected chi connectivity index (χ3v) is 13.9. The Morgan fingerprint density at radius 3 is 2.43 bits per heavy atom. The number of aromatic nitrogens is 1. The maximum absolute atomic E-state index is 14.9. The van der Waals surface area contributed by atoms with Gasteiger partial charge in [-0.15, -0.1) is 0 Å². The summed E-state index contributed by atoms with van der Waals surface area (Å²) in [7, 11) is 1.24. The zero-order valence-electron chi connectivity index (χ0n) is 35.3. The number of rotatable bonds is 11. The van der Waals surface area contributed by atoms with E-state index < -0.39 is 86.2 Å². The summed E-state index contributed by atoms with van der Waals surface area (Å²) >= 11 is 0. The minimum absolute atomic E-state index is 0.0472. The van der Waals surface area contributed by atoms with E-state index in [9.17, 15) is 36.4 Å². The lowest BCUT2D eigenvalue weighted by atomic mass is 9.88. The molecule has 3 heterocycles. The average Bonchev–Trinajstić information content (AvgIpc) is 4.09. The van der Waals surface area contributed by atoms with E-state index in [1.807, 2.05) is 52.2 Å². The topological polar surface area (TPSA) is 198 Å². The van der Waals surface area contributed by atoms with Crippen molar-refractivity contribution in [1.82, 2.24) is 30.8 Å². The summed E-state index contributed by atoms with van der Waals surface area (Å²) < 4.78 is 73.6. The molecule has 2 aliphatic heterocycles. The number of anilines is 1. The molecular weight excluding hydrogens is 805 g/mol. The number of hydrazine groups is 1. The van der Waals surface area contributed by atoms with Crippen LogP contribution in [0.4, 0.5) is 19.4 Å². The first-order valence-electron chi connectivity index (χ1n) is 20.4. The van der Waals surface area contributed by atoms with Crippen molar-refractivity contribution in [3.8, 4) is 11.6 Å². The number of allylic oxidation sites excluding steroid dienone is 1. The number of ether oxygens (including phenoxy) is 3. The molecule has 4 aliphatic rings. The molecule has 6 rings (SSSR count). The molecule has 2 aromatic rings. The lowest BCUT2D eigenvalue weighted by molar-refractivity contribution is -0.151. The Bertz CT molecular complexity index is 2130. The molecule has 330 valence electrons. The van der Waals surface area contributed by atoms with Gasteiger partial charge in [0.15, 0.2) is 5.60 Å². The molecule has 1 aromatic heterocycles. The fraction of sp³-hybridized carbons (Fsp3) is 0.634. The predicted octanol–water partition coefficient (Wildman–Crippen LogP) is 4.19. The van der Waals surface area contributed by atoms with Crippen molar-refractivity contribution in [3.05, 3.63) is 36.4 Å². The van der Waals surface area contributed by atoms with Crippen molar-refractivity contribution in [1.29, 1.82) is 0 Å². The van der Waals surface area contributed by atoms with E-state index >= 15 is 0 Å². The Kier molecular flexibility index (Phi) is 12.6. The van der Waals surface area contributed by atoms with Crippen LogP contribution in [0.15, 0.2) is 36.4 Å². The van der Waals surface area contributed by atoms with Crippen LogP contribution in [0.3, 0.4) is 0 Å². The SMILES string of the molecule is COc1ccc2c(O[C@@H]3C[C@H]4C(=O)N[C@]5(C(=O)NS(=O)(=O)C6CC6)C[C@H]5/C=C\CC[C@H](C)C[C@@H](C)[C@H](NNC(=O)OC(C)(C)C(C)(F)F)C(=O)N4C3)nc(N(C)C)cc2c1. The standard InChI is InChI=1S/C41H57F2N7O9S/c1-23-11-9-10-12-26-21-41(26,37(53)48-60(55,56)29-14-15-29)45-34(51)31-20-28(58-35-30-16-13-27(57-8)18-25(30)19-32(44-35)49(6)7)22-50(31)36(52)33(24(2)17-23)46-47-38(54)59-39(3,4)40(5,42)43/h10,12-13,16,18-19,23-24,26,28-29,31,33,46H,9,11,14-15,17,20-22H2,1-8H3,(H,45,51)(H,47,54)(H,48,53)/b12-10-/t23-,24+,26+,28+,31-,33-,41+/m0/s1. The van der Waals surface area contributed by atoms with Crippen LogP contribution in [-0.4, -0.2) is 110 Å². The smallest absolute Gasteiger partial charge is 0.422 e. The van der Waals surface area contributed by atoms with Crippen molar-refractivity contribution >= 4 is 50.4 Å². The highest BCUT2D eigenvalue weighted by molar-refractivity contribution is 7.91. The van der Waals surface area contributed by atoms with Crippen LogP contribution >= 0.6 is 0 Å². The van der Waals surface area contributed by atoms with Gasteiger partial charge in [-0.25, -0.2) is 27.4 Å². The molecule has 4 N–H and O–H groups in total. The molecule has 2 aliphatic carbocycles. The number of nitrogens with one attached hydrogen (secondary N) is 4. The van der Waals surface area contributed by atoms with Gasteiger partial charge in [-0.3, -0.25) is 24.5 Å². The van der Waals surface area contributed by atoms with E-state index in [2.05, 4.69) is 20.9 Å². The minimum atomic E-state index is -3.96. The Morgan fingerprint density at radius 2 is 1.78 bits per heavy atom. The fourth-order valence-corrected chi connectivity index (χ4v) is 9.14. The van der Waals surface area contributed by atoms with Gasteiger partial charge in [-0.1, -0.05) is 26.0 Å². The highest BCUT2D eigenvalue weighted by Crippen LogP contribution is 2.46. The third kappa shape index (κ3) is 9.72. The van der Waals surface area contributed by atoms with Crippen molar-refractivity contribution < 1.29 is 50.6 Å². The fourth-order valence-electron chi connectivity index (χ4n) is 7.78. The van der Waals surface area contributed by atoms with Crippen LogP contribution in [0.5, 0.6) is 11.6 Å². The van der Waals surface area contributed by atoms with Crippen LogP contribution in [0, 0.1) is 17.8 Å². The molecule has 0 bridgehead atoms. The highest BCUT2D eigenvalue weighted by Gasteiger charge is 2.62. The molecule has 7 atom stereocenters. The van der Waals surface area contributed by atoms with E-state index in [-0.39, 0.29) is 31.2 Å². The number of methoxy groups -OCH3 is 1. The van der Waals surface area contributed by atoms with Crippen molar-refractivity contribution in [2.45, 2.75) is 120 Å². The first kappa shape index (κ1) is 44.8. The number of carbonyl (C=O) groups excluding carboxylic acids is 4. The maximum atomic E-state index is 14.9. The van der Waals surface area contributed by atoms with Crippen molar-refractivity contribution in [2.24, 2.45) is 17.8 Å². The molecular formula is C41H57F2N7O9S. The van der Waals surface area contributed by atoms with Gasteiger partial charge in [0.2, 0.25) is 27.7 Å². The van der Waals surface area contributed by atoms with Gasteiger partial charge in [0, 0.05) is 38.7 Å². The summed E-state index contributed by atoms with van der Waals surface area (Å²) in [5, 5.41) is 3.59. The van der Waals surface area contributed by atoms with Gasteiger partial charge in [-0.2, -0.15) is 4.98 Å². The lowest BCUT2D eigenvalue weighted by Crippen LogP contribution is -2.60. The highest BCUT2D eigenvalue weighted by atomic mass is 32.2. The van der Waals surface area contributed by atoms with E-state index in [1.54, 1.807) is 24.1 Å². The van der Waals surface area contributed by atoms with Crippen molar-refractivity contribution in [2.75, 3.05) is 32.6 Å². The Morgan fingerprint density at radius 1 is 1.07 bits per heavy atom. The van der Waals surface area contributed by atoms with Gasteiger partial charge < -0.3 is 29.3 Å². The second-order valence-electron chi connectivity index (χ2n) is 17.6. The zero-order chi connectivity index (χ0) is 43.9. The van der Waals surface area contributed by atoms with Gasteiger partial charge in [0.25, 0.3) is 11.8 Å². The molecule has 0 unspecified atom stereocenters. The number of benzene rings is 1. The molecule has 1 aromatic carbocycles. The van der Waals surface area contributed by atoms with E-state index in [4.69, 9.17) is 19.2 Å². The van der Waals surface area contributed by atoms with E-state index in [0.29, 0.717) is 56.0 Å². The van der Waals surface area contributed by atoms with Gasteiger partial charge >= 0.3 is 6.09 Å². The quantitative estimate of drug-likeness (QED) is 0.186. The largest absolute Gasteiger partial charge is 0.497 e.